The lowest BCUT2D eigenvalue weighted by atomic mass is 9.85. The predicted molar refractivity (Wildman–Crippen MR) is 132 cm³/mol. The van der Waals surface area contributed by atoms with Crippen LogP contribution in [0, 0.1) is 11.8 Å². The molecule has 1 heterocycles. The molecule has 1 N–H and O–H groups in total. The average Bonchev–Trinajstić information content (AvgIpc) is 2.85. The topological polar surface area (TPSA) is 64.1 Å². The van der Waals surface area contributed by atoms with E-state index in [0.29, 0.717) is 18.3 Å². The second-order valence-electron chi connectivity index (χ2n) is 10.3. The lowest BCUT2D eigenvalue weighted by molar-refractivity contribution is -0.117. The Kier molecular flexibility index (Phi) is 6.93. The summed E-state index contributed by atoms with van der Waals surface area (Å²) in [5.74, 6) is 2.88. The van der Waals surface area contributed by atoms with Crippen molar-refractivity contribution in [1.29, 1.82) is 0 Å². The fraction of sp³-hybridized carbons (Fsp3) is 0.607. The second-order valence-corrected chi connectivity index (χ2v) is 10.3. The number of carbonyl (C=O) groups excluding carboxylic acids is 1. The molecule has 0 atom stereocenters. The van der Waals surface area contributed by atoms with Crippen LogP contribution in [-0.4, -0.2) is 23.0 Å². The third kappa shape index (κ3) is 5.23. The number of hydrogen-bond acceptors (Lipinski definition) is 4. The monoisotopic (exact) mass is 447 g/mol. The summed E-state index contributed by atoms with van der Waals surface area (Å²) >= 11 is 0. The summed E-state index contributed by atoms with van der Waals surface area (Å²) in [6.45, 7) is 0. The Balaban J connectivity index is 1.43. The Morgan fingerprint density at radius 1 is 0.970 bits per heavy atom. The van der Waals surface area contributed by atoms with Crippen LogP contribution >= 0.6 is 0 Å². The minimum Gasteiger partial charge on any atom is -0.497 e. The Hall–Kier alpha value is -2.43. The molecular weight excluding hydrogens is 410 g/mol. The number of carbonyl (C=O) groups is 1. The van der Waals surface area contributed by atoms with Crippen LogP contribution in [0.4, 0.5) is 5.82 Å². The molecule has 1 amide bonds. The molecule has 0 unspecified atom stereocenters. The van der Waals surface area contributed by atoms with E-state index in [0.717, 1.165) is 53.5 Å². The van der Waals surface area contributed by atoms with Crippen LogP contribution in [0.3, 0.4) is 0 Å². The molecule has 0 aliphatic heterocycles. The first-order valence-electron chi connectivity index (χ1n) is 13.1. The van der Waals surface area contributed by atoms with Gasteiger partial charge in [-0.25, -0.2) is 9.97 Å². The van der Waals surface area contributed by atoms with Crippen LogP contribution < -0.4 is 10.1 Å². The third-order valence-electron chi connectivity index (χ3n) is 7.90. The maximum atomic E-state index is 13.0. The van der Waals surface area contributed by atoms with Crippen LogP contribution in [0.1, 0.15) is 87.6 Å². The van der Waals surface area contributed by atoms with Gasteiger partial charge < -0.3 is 10.1 Å². The lowest BCUT2D eigenvalue weighted by Gasteiger charge is -2.25. The zero-order valence-electron chi connectivity index (χ0n) is 20.0. The smallest absolute Gasteiger partial charge is 0.225 e. The summed E-state index contributed by atoms with van der Waals surface area (Å²) in [4.78, 5) is 23.2. The maximum absolute atomic E-state index is 13.0. The van der Waals surface area contributed by atoms with Gasteiger partial charge in [0.05, 0.1) is 24.2 Å². The van der Waals surface area contributed by atoms with Crippen LogP contribution in [0.2, 0.25) is 0 Å². The first kappa shape index (κ1) is 22.4. The summed E-state index contributed by atoms with van der Waals surface area (Å²) in [5, 5.41) is 3.21. The van der Waals surface area contributed by atoms with Gasteiger partial charge in [-0.15, -0.1) is 0 Å². The number of methoxy groups -OCH3 is 1. The van der Waals surface area contributed by atoms with E-state index >= 15 is 0 Å². The summed E-state index contributed by atoms with van der Waals surface area (Å²) in [6, 6.07) is 6.25. The van der Waals surface area contributed by atoms with Crippen LogP contribution in [-0.2, 0) is 24.1 Å². The summed E-state index contributed by atoms with van der Waals surface area (Å²) in [5.41, 5.74) is 5.41. The van der Waals surface area contributed by atoms with Crippen molar-refractivity contribution in [2.24, 2.45) is 11.8 Å². The normalized spacial score (nSPS) is 18.9. The van der Waals surface area contributed by atoms with E-state index in [4.69, 9.17) is 14.7 Å². The first-order valence-corrected chi connectivity index (χ1v) is 13.1. The van der Waals surface area contributed by atoms with Crippen molar-refractivity contribution >= 4 is 11.7 Å². The highest BCUT2D eigenvalue weighted by molar-refractivity contribution is 5.90. The van der Waals surface area contributed by atoms with Crippen molar-refractivity contribution in [1.82, 2.24) is 9.97 Å². The highest BCUT2D eigenvalue weighted by Gasteiger charge is 2.25. The van der Waals surface area contributed by atoms with Crippen molar-refractivity contribution in [3.8, 4) is 17.0 Å². The molecule has 5 heteroatoms. The molecule has 5 rings (SSSR count). The van der Waals surface area contributed by atoms with E-state index in [1.54, 1.807) is 7.11 Å². The van der Waals surface area contributed by atoms with Crippen molar-refractivity contribution in [3.05, 3.63) is 35.2 Å². The molecule has 176 valence electrons. The van der Waals surface area contributed by atoms with Crippen LogP contribution in [0.25, 0.3) is 11.3 Å². The van der Waals surface area contributed by atoms with E-state index in [9.17, 15) is 4.79 Å². The molecule has 0 saturated heterocycles. The van der Waals surface area contributed by atoms with Gasteiger partial charge in [0.15, 0.2) is 5.82 Å². The number of fused-ring (bicyclic) bond motifs is 3. The quantitative estimate of drug-likeness (QED) is 0.566. The van der Waals surface area contributed by atoms with Crippen molar-refractivity contribution in [3.63, 3.8) is 0 Å². The molecular formula is C28H37N3O2. The number of anilines is 1. The summed E-state index contributed by atoms with van der Waals surface area (Å²) in [7, 11) is 1.71. The largest absolute Gasteiger partial charge is 0.497 e. The van der Waals surface area contributed by atoms with Crippen molar-refractivity contribution < 1.29 is 9.53 Å². The fourth-order valence-corrected chi connectivity index (χ4v) is 6.03. The number of nitrogens with zero attached hydrogens (tertiary/aromatic N) is 2. The Morgan fingerprint density at radius 3 is 2.42 bits per heavy atom. The molecule has 3 aliphatic rings. The van der Waals surface area contributed by atoms with Gasteiger partial charge in [-0.2, -0.15) is 0 Å². The average molecular weight is 448 g/mol. The van der Waals surface area contributed by atoms with Crippen LogP contribution in [0.5, 0.6) is 5.75 Å². The van der Waals surface area contributed by atoms with Gasteiger partial charge in [0.2, 0.25) is 5.91 Å². The number of hydrogen-bond donors (Lipinski definition) is 1. The molecule has 2 aromatic rings. The second kappa shape index (κ2) is 10.2. The Labute approximate surface area is 197 Å². The van der Waals surface area contributed by atoms with Gasteiger partial charge in [-0.1, -0.05) is 51.4 Å². The van der Waals surface area contributed by atoms with Gasteiger partial charge in [0.25, 0.3) is 0 Å². The predicted octanol–water partition coefficient (Wildman–Crippen LogP) is 6.28. The van der Waals surface area contributed by atoms with Gasteiger partial charge >= 0.3 is 0 Å². The molecule has 5 nitrogen and oxygen atoms in total. The minimum absolute atomic E-state index is 0.113. The van der Waals surface area contributed by atoms with Crippen molar-refractivity contribution in [2.75, 3.05) is 12.4 Å². The molecule has 2 fully saturated rings. The van der Waals surface area contributed by atoms with Crippen molar-refractivity contribution in [2.45, 2.75) is 89.9 Å². The molecule has 2 saturated carbocycles. The first-order chi connectivity index (χ1) is 16.2. The molecule has 0 radical (unpaired) electrons. The highest BCUT2D eigenvalue weighted by atomic mass is 16.5. The number of benzene rings is 1. The van der Waals surface area contributed by atoms with E-state index in [2.05, 4.69) is 17.4 Å². The van der Waals surface area contributed by atoms with E-state index in [1.807, 2.05) is 6.07 Å². The van der Waals surface area contributed by atoms with Crippen LogP contribution in [0.15, 0.2) is 18.2 Å². The van der Waals surface area contributed by atoms with Gasteiger partial charge in [0, 0.05) is 12.0 Å². The fourth-order valence-electron chi connectivity index (χ4n) is 6.03. The highest BCUT2D eigenvalue weighted by Crippen LogP contribution is 2.36. The molecule has 33 heavy (non-hydrogen) atoms. The molecule has 0 bridgehead atoms. The Morgan fingerprint density at radius 2 is 1.70 bits per heavy atom. The number of nitrogens with one attached hydrogen (secondary N) is 1. The van der Waals surface area contributed by atoms with Gasteiger partial charge in [0.1, 0.15) is 5.75 Å². The molecule has 1 aromatic carbocycles. The molecule has 0 spiro atoms. The Bertz CT molecular complexity index is 991. The molecule has 1 aromatic heterocycles. The zero-order chi connectivity index (χ0) is 22.6. The third-order valence-corrected chi connectivity index (χ3v) is 7.90. The summed E-state index contributed by atoms with van der Waals surface area (Å²) < 4.78 is 5.43. The zero-order valence-corrected chi connectivity index (χ0v) is 20.0. The minimum atomic E-state index is 0.113. The van der Waals surface area contributed by atoms with Gasteiger partial charge in [-0.3, -0.25) is 4.79 Å². The number of aromatic nitrogens is 2. The summed E-state index contributed by atoms with van der Waals surface area (Å²) in [6.07, 6.45) is 15.9. The number of aryl methyl sites for hydroxylation is 2. The van der Waals surface area contributed by atoms with E-state index in [-0.39, 0.29) is 5.91 Å². The number of rotatable bonds is 6. The lowest BCUT2D eigenvalue weighted by Crippen LogP contribution is -2.22. The standard InChI is InChI=1S/C28H37N3O2/c1-33-22-13-14-23-21(18-22)12-15-24-27(23)29-25(16-19-8-4-2-5-9-19)28(30-24)31-26(32)17-20-10-6-3-7-11-20/h13-14,18-20H,2-12,15-17H2,1H3,(H,30,31,32). The van der Waals surface area contributed by atoms with E-state index < -0.39 is 0 Å². The molecule has 3 aliphatic carbocycles. The number of ether oxygens (including phenoxy) is 1. The SMILES string of the molecule is COc1ccc2c(c1)CCc1nc(NC(=O)CC3CCCCC3)c(CC3CCCCC3)nc1-2. The van der Waals surface area contributed by atoms with E-state index in [1.165, 1.54) is 69.8 Å². The van der Waals surface area contributed by atoms with Gasteiger partial charge in [-0.05, 0) is 67.7 Å². The number of amides is 1. The maximum Gasteiger partial charge on any atom is 0.225 e.